The average Bonchev–Trinajstić information content (AvgIpc) is 2.43. The molecule has 0 unspecified atom stereocenters. The van der Waals surface area contributed by atoms with Crippen LogP contribution in [0.4, 0.5) is 0 Å². The third-order valence-corrected chi connectivity index (χ3v) is 2.83. The summed E-state index contributed by atoms with van der Waals surface area (Å²) in [6.07, 6.45) is 7.91. The van der Waals surface area contributed by atoms with E-state index in [1.54, 1.807) is 0 Å². The summed E-state index contributed by atoms with van der Waals surface area (Å²) in [6.45, 7) is 5.14. The van der Waals surface area contributed by atoms with Crippen molar-refractivity contribution >= 4 is 29.9 Å². The summed E-state index contributed by atoms with van der Waals surface area (Å²) in [7, 11) is 0. The maximum Gasteiger partial charge on any atom is 0.188 e. The Balaban J connectivity index is 0.00000225. The molecule has 0 saturated heterocycles. The van der Waals surface area contributed by atoms with Gasteiger partial charge in [-0.3, -0.25) is 4.99 Å². The lowest BCUT2D eigenvalue weighted by Gasteiger charge is -2.16. The lowest BCUT2D eigenvalue weighted by molar-refractivity contribution is 0.528. The molecule has 1 saturated carbocycles. The first kappa shape index (κ1) is 16.0. The van der Waals surface area contributed by atoms with Crippen LogP contribution in [0, 0.1) is 5.92 Å². The zero-order valence-corrected chi connectivity index (χ0v) is 12.9. The minimum absolute atomic E-state index is 0. The van der Waals surface area contributed by atoms with Gasteiger partial charge in [-0.2, -0.15) is 0 Å². The first-order valence-corrected chi connectivity index (χ1v) is 6.25. The zero-order valence-electron chi connectivity index (χ0n) is 10.5. The number of rotatable bonds is 3. The van der Waals surface area contributed by atoms with Crippen LogP contribution < -0.4 is 11.1 Å². The van der Waals surface area contributed by atoms with E-state index < -0.39 is 0 Å². The molecule has 0 spiro atoms. The van der Waals surface area contributed by atoms with Crippen LogP contribution in [0.25, 0.3) is 0 Å². The molecule has 96 valence electrons. The molecular formula is C12H26IN3. The fourth-order valence-electron chi connectivity index (χ4n) is 1.96. The Morgan fingerprint density at radius 2 is 1.81 bits per heavy atom. The molecule has 16 heavy (non-hydrogen) atoms. The molecular weight excluding hydrogens is 313 g/mol. The Kier molecular flexibility index (Phi) is 9.07. The quantitative estimate of drug-likeness (QED) is 0.360. The Morgan fingerprint density at radius 3 is 2.31 bits per heavy atom. The summed E-state index contributed by atoms with van der Waals surface area (Å²) < 4.78 is 0. The van der Waals surface area contributed by atoms with Crippen molar-refractivity contribution in [3.63, 3.8) is 0 Å². The van der Waals surface area contributed by atoms with Gasteiger partial charge in [0.25, 0.3) is 0 Å². The van der Waals surface area contributed by atoms with E-state index >= 15 is 0 Å². The number of guanidine groups is 1. The van der Waals surface area contributed by atoms with Gasteiger partial charge in [0.1, 0.15) is 0 Å². The van der Waals surface area contributed by atoms with Crippen LogP contribution in [-0.2, 0) is 0 Å². The van der Waals surface area contributed by atoms with Gasteiger partial charge in [0, 0.05) is 12.6 Å². The second-order valence-corrected chi connectivity index (χ2v) is 4.95. The fraction of sp³-hybridized carbons (Fsp3) is 0.917. The molecule has 1 fully saturated rings. The van der Waals surface area contributed by atoms with Gasteiger partial charge in [0.05, 0.1) is 0 Å². The smallest absolute Gasteiger partial charge is 0.188 e. The molecule has 3 nitrogen and oxygen atoms in total. The SMILES string of the molecule is CC(C)CN=C(N)NC1CCCCCC1.I. The van der Waals surface area contributed by atoms with Crippen molar-refractivity contribution in [1.82, 2.24) is 5.32 Å². The summed E-state index contributed by atoms with van der Waals surface area (Å²) >= 11 is 0. The van der Waals surface area contributed by atoms with E-state index in [0.717, 1.165) is 6.54 Å². The van der Waals surface area contributed by atoms with Crippen LogP contribution in [0.15, 0.2) is 4.99 Å². The van der Waals surface area contributed by atoms with Crippen LogP contribution >= 0.6 is 24.0 Å². The number of nitrogens with one attached hydrogen (secondary N) is 1. The molecule has 3 N–H and O–H groups in total. The van der Waals surface area contributed by atoms with Gasteiger partial charge < -0.3 is 11.1 Å². The molecule has 1 aliphatic rings. The number of aliphatic imine (C=N–C) groups is 1. The fourth-order valence-corrected chi connectivity index (χ4v) is 1.96. The minimum Gasteiger partial charge on any atom is -0.370 e. The van der Waals surface area contributed by atoms with Crippen molar-refractivity contribution in [2.24, 2.45) is 16.6 Å². The molecule has 0 bridgehead atoms. The van der Waals surface area contributed by atoms with E-state index in [-0.39, 0.29) is 24.0 Å². The van der Waals surface area contributed by atoms with Gasteiger partial charge >= 0.3 is 0 Å². The van der Waals surface area contributed by atoms with Crippen molar-refractivity contribution in [1.29, 1.82) is 0 Å². The predicted molar refractivity (Wildman–Crippen MR) is 81.4 cm³/mol. The van der Waals surface area contributed by atoms with Crippen LogP contribution in [0.1, 0.15) is 52.4 Å². The Hall–Kier alpha value is 0. The highest BCUT2D eigenvalue weighted by molar-refractivity contribution is 14.0. The van der Waals surface area contributed by atoms with Gasteiger partial charge in [-0.15, -0.1) is 24.0 Å². The molecule has 0 amide bonds. The summed E-state index contributed by atoms with van der Waals surface area (Å²) in [4.78, 5) is 4.33. The largest absolute Gasteiger partial charge is 0.370 e. The number of hydrogen-bond acceptors (Lipinski definition) is 1. The van der Waals surface area contributed by atoms with Gasteiger partial charge in [0.15, 0.2) is 5.96 Å². The van der Waals surface area contributed by atoms with E-state index in [1.807, 2.05) is 0 Å². The molecule has 0 aromatic heterocycles. The number of hydrogen-bond donors (Lipinski definition) is 2. The molecule has 1 aliphatic carbocycles. The van der Waals surface area contributed by atoms with E-state index in [4.69, 9.17) is 5.73 Å². The molecule has 0 atom stereocenters. The van der Waals surface area contributed by atoms with E-state index in [1.165, 1.54) is 38.5 Å². The third-order valence-electron chi connectivity index (χ3n) is 2.83. The molecule has 0 heterocycles. The average molecular weight is 339 g/mol. The van der Waals surface area contributed by atoms with Crippen LogP contribution in [0.5, 0.6) is 0 Å². The molecule has 4 heteroatoms. The van der Waals surface area contributed by atoms with Crippen LogP contribution in [-0.4, -0.2) is 18.5 Å². The molecule has 0 aromatic rings. The van der Waals surface area contributed by atoms with E-state index in [9.17, 15) is 0 Å². The standard InChI is InChI=1S/C12H25N3.HI/c1-10(2)9-14-12(13)15-11-7-5-3-4-6-8-11;/h10-11H,3-9H2,1-2H3,(H3,13,14,15);1H. The van der Waals surface area contributed by atoms with Gasteiger partial charge in [-0.1, -0.05) is 39.5 Å². The third kappa shape index (κ3) is 7.30. The summed E-state index contributed by atoms with van der Waals surface area (Å²) in [5.41, 5.74) is 5.84. The molecule has 0 radical (unpaired) electrons. The maximum atomic E-state index is 5.84. The zero-order chi connectivity index (χ0) is 11.1. The number of halogens is 1. The van der Waals surface area contributed by atoms with E-state index in [2.05, 4.69) is 24.2 Å². The van der Waals surface area contributed by atoms with Crippen molar-refractivity contribution in [3.8, 4) is 0 Å². The highest BCUT2D eigenvalue weighted by Crippen LogP contribution is 2.16. The Morgan fingerprint density at radius 1 is 1.25 bits per heavy atom. The normalized spacial score (nSPS) is 19.1. The van der Waals surface area contributed by atoms with Gasteiger partial charge in [-0.25, -0.2) is 0 Å². The summed E-state index contributed by atoms with van der Waals surface area (Å²) in [5.74, 6) is 1.22. The highest BCUT2D eigenvalue weighted by Gasteiger charge is 2.11. The van der Waals surface area contributed by atoms with Gasteiger partial charge in [-0.05, 0) is 18.8 Å². The van der Waals surface area contributed by atoms with E-state index in [0.29, 0.717) is 17.9 Å². The summed E-state index contributed by atoms with van der Waals surface area (Å²) in [6, 6.07) is 0.559. The summed E-state index contributed by atoms with van der Waals surface area (Å²) in [5, 5.41) is 3.34. The molecule has 1 rings (SSSR count). The lowest BCUT2D eigenvalue weighted by Crippen LogP contribution is -2.40. The molecule has 0 aromatic carbocycles. The van der Waals surface area contributed by atoms with Gasteiger partial charge in [0.2, 0.25) is 0 Å². The van der Waals surface area contributed by atoms with Crippen molar-refractivity contribution in [3.05, 3.63) is 0 Å². The monoisotopic (exact) mass is 339 g/mol. The Labute approximate surface area is 117 Å². The number of nitrogens with two attached hydrogens (primary N) is 1. The van der Waals surface area contributed by atoms with Crippen molar-refractivity contribution < 1.29 is 0 Å². The Bertz CT molecular complexity index is 196. The van der Waals surface area contributed by atoms with Crippen LogP contribution in [0.2, 0.25) is 0 Å². The second kappa shape index (κ2) is 9.07. The topological polar surface area (TPSA) is 50.4 Å². The maximum absolute atomic E-state index is 5.84. The van der Waals surface area contributed by atoms with Crippen molar-refractivity contribution in [2.45, 2.75) is 58.4 Å². The van der Waals surface area contributed by atoms with Crippen molar-refractivity contribution in [2.75, 3.05) is 6.54 Å². The first-order valence-electron chi connectivity index (χ1n) is 6.25. The second-order valence-electron chi connectivity index (χ2n) is 4.95. The van der Waals surface area contributed by atoms with Crippen LogP contribution in [0.3, 0.4) is 0 Å². The predicted octanol–water partition coefficient (Wildman–Crippen LogP) is 2.89. The lowest BCUT2D eigenvalue weighted by atomic mass is 10.1. The minimum atomic E-state index is 0. The number of nitrogens with zero attached hydrogens (tertiary/aromatic N) is 1. The highest BCUT2D eigenvalue weighted by atomic mass is 127. The molecule has 0 aliphatic heterocycles. The first-order chi connectivity index (χ1) is 7.18.